The van der Waals surface area contributed by atoms with Crippen LogP contribution in [0.15, 0.2) is 23.4 Å². The van der Waals surface area contributed by atoms with Gasteiger partial charge in [-0.15, -0.1) is 0 Å². The van der Waals surface area contributed by atoms with Crippen LogP contribution in [0.1, 0.15) is 36.8 Å². The molecule has 0 atom stereocenters. The fourth-order valence-corrected chi connectivity index (χ4v) is 2.52. The van der Waals surface area contributed by atoms with Crippen LogP contribution in [0.3, 0.4) is 0 Å². The maximum atomic E-state index is 12.9. The Morgan fingerprint density at radius 1 is 1.33 bits per heavy atom. The van der Waals surface area contributed by atoms with Crippen molar-refractivity contribution in [2.75, 3.05) is 6.61 Å². The van der Waals surface area contributed by atoms with E-state index in [1.165, 1.54) is 6.07 Å². The van der Waals surface area contributed by atoms with E-state index in [1.807, 2.05) is 0 Å². The summed E-state index contributed by atoms with van der Waals surface area (Å²) in [6, 6.07) is 3.30. The molecule has 0 saturated heterocycles. The first-order valence-electron chi connectivity index (χ1n) is 6.73. The number of oxime groups is 1. The summed E-state index contributed by atoms with van der Waals surface area (Å²) in [4.78, 5) is 0. The lowest BCUT2D eigenvalue weighted by atomic mass is 10.1. The molecule has 1 aliphatic rings. The van der Waals surface area contributed by atoms with Crippen molar-refractivity contribution in [2.24, 2.45) is 16.8 Å². The van der Waals surface area contributed by atoms with E-state index in [2.05, 4.69) is 5.16 Å². The summed E-state index contributed by atoms with van der Waals surface area (Å²) in [5, 5.41) is 11.3. The van der Waals surface area contributed by atoms with Gasteiger partial charge in [-0.1, -0.05) is 18.0 Å². The van der Waals surface area contributed by atoms with E-state index >= 15 is 0 Å². The van der Waals surface area contributed by atoms with E-state index in [9.17, 15) is 13.2 Å². The van der Waals surface area contributed by atoms with E-state index < -0.39 is 17.6 Å². The van der Waals surface area contributed by atoms with Gasteiger partial charge in [-0.3, -0.25) is 0 Å². The molecule has 0 aliphatic heterocycles. The molecular weight excluding hydrogens is 285 g/mol. The van der Waals surface area contributed by atoms with Gasteiger partial charge in [0.15, 0.2) is 5.84 Å². The molecular formula is C14H17F3N2O2. The second-order valence-corrected chi connectivity index (χ2v) is 5.15. The van der Waals surface area contributed by atoms with Crippen LogP contribution >= 0.6 is 0 Å². The van der Waals surface area contributed by atoms with Crippen LogP contribution < -0.4 is 10.5 Å². The molecule has 1 saturated carbocycles. The largest absolute Gasteiger partial charge is 0.493 e. The van der Waals surface area contributed by atoms with Gasteiger partial charge in [-0.25, -0.2) is 0 Å². The summed E-state index contributed by atoms with van der Waals surface area (Å²) in [6.07, 6.45) is -0.0943. The number of halogens is 3. The molecule has 0 amide bonds. The summed E-state index contributed by atoms with van der Waals surface area (Å²) in [6.45, 7) is 0.473. The van der Waals surface area contributed by atoms with Gasteiger partial charge in [0.2, 0.25) is 0 Å². The maximum Gasteiger partial charge on any atom is 0.417 e. The molecule has 3 N–H and O–H groups in total. The van der Waals surface area contributed by atoms with Crippen LogP contribution in [0.4, 0.5) is 13.2 Å². The Balaban J connectivity index is 2.20. The molecule has 0 spiro atoms. The number of rotatable bonds is 4. The lowest BCUT2D eigenvalue weighted by Crippen LogP contribution is -2.20. The van der Waals surface area contributed by atoms with Crippen LogP contribution in [0.5, 0.6) is 5.75 Å². The third-order valence-electron chi connectivity index (χ3n) is 3.64. The maximum absolute atomic E-state index is 12.9. The van der Waals surface area contributed by atoms with Crippen LogP contribution in [0.25, 0.3) is 0 Å². The molecule has 4 nitrogen and oxygen atoms in total. The highest BCUT2D eigenvalue weighted by Crippen LogP contribution is 2.34. The van der Waals surface area contributed by atoms with E-state index in [0.717, 1.165) is 37.8 Å². The molecule has 2 rings (SSSR count). The monoisotopic (exact) mass is 302 g/mol. The van der Waals surface area contributed by atoms with Crippen molar-refractivity contribution in [3.63, 3.8) is 0 Å². The van der Waals surface area contributed by atoms with Gasteiger partial charge >= 0.3 is 6.18 Å². The number of hydrogen-bond donors (Lipinski definition) is 2. The van der Waals surface area contributed by atoms with Crippen molar-refractivity contribution in [1.29, 1.82) is 0 Å². The minimum Gasteiger partial charge on any atom is -0.493 e. The highest BCUT2D eigenvalue weighted by molar-refractivity contribution is 5.99. The van der Waals surface area contributed by atoms with Gasteiger partial charge < -0.3 is 15.7 Å². The molecule has 1 aromatic carbocycles. The Morgan fingerprint density at radius 3 is 2.57 bits per heavy atom. The molecule has 7 heteroatoms. The smallest absolute Gasteiger partial charge is 0.417 e. The van der Waals surface area contributed by atoms with Crippen molar-refractivity contribution in [3.8, 4) is 5.75 Å². The van der Waals surface area contributed by atoms with Gasteiger partial charge in [0.25, 0.3) is 0 Å². The molecule has 0 heterocycles. The number of amidine groups is 1. The molecule has 21 heavy (non-hydrogen) atoms. The average molecular weight is 302 g/mol. The fraction of sp³-hybridized carbons (Fsp3) is 0.500. The van der Waals surface area contributed by atoms with E-state index in [4.69, 9.17) is 15.7 Å². The number of nitrogens with zero attached hydrogens (tertiary/aromatic N) is 1. The van der Waals surface area contributed by atoms with E-state index in [1.54, 1.807) is 0 Å². The predicted octanol–water partition coefficient (Wildman–Crippen LogP) is 3.37. The molecule has 0 radical (unpaired) electrons. The molecule has 116 valence electrons. The van der Waals surface area contributed by atoms with Crippen molar-refractivity contribution in [3.05, 3.63) is 29.3 Å². The fourth-order valence-electron chi connectivity index (χ4n) is 2.52. The second-order valence-electron chi connectivity index (χ2n) is 5.15. The summed E-state index contributed by atoms with van der Waals surface area (Å²) in [7, 11) is 0. The minimum absolute atomic E-state index is 0.288. The second kappa shape index (κ2) is 6.24. The normalized spacial score (nSPS) is 17.2. The average Bonchev–Trinajstić information content (AvgIpc) is 2.96. The number of hydrogen-bond acceptors (Lipinski definition) is 3. The summed E-state index contributed by atoms with van der Waals surface area (Å²) in [5.41, 5.74) is 3.99. The molecule has 1 fully saturated rings. The highest BCUT2D eigenvalue weighted by Gasteiger charge is 2.34. The zero-order chi connectivity index (χ0) is 15.5. The molecule has 0 unspecified atom stereocenters. The first-order valence-corrected chi connectivity index (χ1v) is 6.73. The molecule has 1 aromatic rings. The molecule has 1 aliphatic carbocycles. The summed E-state index contributed by atoms with van der Waals surface area (Å²) < 4.78 is 44.2. The van der Waals surface area contributed by atoms with Crippen molar-refractivity contribution in [1.82, 2.24) is 0 Å². The van der Waals surface area contributed by atoms with Crippen molar-refractivity contribution >= 4 is 5.84 Å². The standard InChI is InChI=1S/C14H17F3N2O2/c15-14(16,17)12-6-5-10(7-11(12)13(18)19-20)21-8-9-3-1-2-4-9/h5-7,9,20H,1-4,8H2,(H2,18,19). The van der Waals surface area contributed by atoms with Gasteiger partial charge in [-0.05, 0) is 37.0 Å². The number of benzene rings is 1. The zero-order valence-electron chi connectivity index (χ0n) is 11.4. The van der Waals surface area contributed by atoms with Crippen LogP contribution in [0, 0.1) is 5.92 Å². The Morgan fingerprint density at radius 2 is 2.00 bits per heavy atom. The lowest BCUT2D eigenvalue weighted by molar-refractivity contribution is -0.137. The Bertz CT molecular complexity index is 523. The SMILES string of the molecule is N/C(=N/O)c1cc(OCC2CCCC2)ccc1C(F)(F)F. The summed E-state index contributed by atoms with van der Waals surface area (Å²) in [5.74, 6) is 0.143. The van der Waals surface area contributed by atoms with Crippen molar-refractivity contribution in [2.45, 2.75) is 31.9 Å². The first kappa shape index (κ1) is 15.5. The van der Waals surface area contributed by atoms with E-state index in [-0.39, 0.29) is 11.3 Å². The molecule has 0 aromatic heterocycles. The van der Waals surface area contributed by atoms with Gasteiger partial charge in [-0.2, -0.15) is 13.2 Å². The highest BCUT2D eigenvalue weighted by atomic mass is 19.4. The van der Waals surface area contributed by atoms with Gasteiger partial charge in [0, 0.05) is 5.56 Å². The number of ether oxygens (including phenoxy) is 1. The van der Waals surface area contributed by atoms with Crippen molar-refractivity contribution < 1.29 is 23.1 Å². The topological polar surface area (TPSA) is 67.8 Å². The molecule has 0 bridgehead atoms. The Hall–Kier alpha value is -1.92. The predicted molar refractivity (Wildman–Crippen MR) is 71.4 cm³/mol. The van der Waals surface area contributed by atoms with Crippen LogP contribution in [-0.4, -0.2) is 17.6 Å². The Kier molecular flexibility index (Phi) is 4.59. The number of nitrogens with two attached hydrogens (primary N) is 1. The van der Waals surface area contributed by atoms with Crippen LogP contribution in [0.2, 0.25) is 0 Å². The van der Waals surface area contributed by atoms with E-state index in [0.29, 0.717) is 12.5 Å². The zero-order valence-corrected chi connectivity index (χ0v) is 11.4. The van der Waals surface area contributed by atoms with Gasteiger partial charge in [0.1, 0.15) is 5.75 Å². The van der Waals surface area contributed by atoms with Gasteiger partial charge in [0.05, 0.1) is 12.2 Å². The van der Waals surface area contributed by atoms with Crippen LogP contribution in [-0.2, 0) is 6.18 Å². The first-order chi connectivity index (χ1) is 9.91. The quantitative estimate of drug-likeness (QED) is 0.388. The lowest BCUT2D eigenvalue weighted by Gasteiger charge is -2.15. The summed E-state index contributed by atoms with van der Waals surface area (Å²) >= 11 is 0. The minimum atomic E-state index is -4.57. The third kappa shape index (κ3) is 3.80. The number of alkyl halides is 3. The third-order valence-corrected chi connectivity index (χ3v) is 3.64. The Labute approximate surface area is 120 Å².